The Morgan fingerprint density at radius 1 is 1.03 bits per heavy atom. The highest BCUT2D eigenvalue weighted by Gasteiger charge is 2.40. The van der Waals surface area contributed by atoms with Crippen LogP contribution >= 0.6 is 0 Å². The Morgan fingerprint density at radius 3 is 2.42 bits per heavy atom. The first-order valence-corrected chi connectivity index (χ1v) is 10.1. The summed E-state index contributed by atoms with van der Waals surface area (Å²) >= 11 is 0. The number of ether oxygens (including phenoxy) is 2. The van der Waals surface area contributed by atoms with Gasteiger partial charge >= 0.3 is 5.97 Å². The van der Waals surface area contributed by atoms with Crippen molar-refractivity contribution in [3.8, 4) is 11.5 Å². The molecular formula is C24H23NO6. The predicted molar refractivity (Wildman–Crippen MR) is 114 cm³/mol. The lowest BCUT2D eigenvalue weighted by Gasteiger charge is -2.38. The molecule has 0 spiro atoms. The van der Waals surface area contributed by atoms with E-state index in [1.165, 1.54) is 12.1 Å². The maximum Gasteiger partial charge on any atom is 0.335 e. The Kier molecular flexibility index (Phi) is 5.50. The van der Waals surface area contributed by atoms with Gasteiger partial charge < -0.3 is 14.6 Å². The fraction of sp³-hybridized carbons (Fsp3) is 0.292. The molecule has 0 aromatic heterocycles. The number of nitrogens with zero attached hydrogens (tertiary/aromatic N) is 1. The van der Waals surface area contributed by atoms with Crippen LogP contribution in [0.1, 0.15) is 47.5 Å². The van der Waals surface area contributed by atoms with Crippen LogP contribution in [-0.4, -0.2) is 37.0 Å². The number of aromatic carboxylic acids is 1. The van der Waals surface area contributed by atoms with E-state index in [2.05, 4.69) is 0 Å². The average molecular weight is 421 g/mol. The first kappa shape index (κ1) is 20.7. The van der Waals surface area contributed by atoms with Gasteiger partial charge in [0.25, 0.3) is 0 Å². The molecule has 0 saturated heterocycles. The Morgan fingerprint density at radius 2 is 1.77 bits per heavy atom. The number of benzene rings is 2. The molecule has 1 atom stereocenters. The molecule has 1 N–H and O–H groups in total. The maximum absolute atomic E-state index is 13.3. The highest BCUT2D eigenvalue weighted by Crippen LogP contribution is 2.46. The second kappa shape index (κ2) is 8.26. The van der Waals surface area contributed by atoms with Gasteiger partial charge in [-0.15, -0.1) is 0 Å². The number of carbonyl (C=O) groups is 3. The average Bonchev–Trinajstić information content (AvgIpc) is 2.78. The molecule has 1 heterocycles. The number of anilines is 1. The van der Waals surface area contributed by atoms with Crippen molar-refractivity contribution in [2.75, 3.05) is 19.1 Å². The van der Waals surface area contributed by atoms with Gasteiger partial charge in [-0.25, -0.2) is 4.79 Å². The predicted octanol–water partition coefficient (Wildman–Crippen LogP) is 3.93. The molecule has 7 nitrogen and oxygen atoms in total. The Balaban J connectivity index is 1.85. The lowest BCUT2D eigenvalue weighted by atomic mass is 9.76. The van der Waals surface area contributed by atoms with Crippen LogP contribution in [0.3, 0.4) is 0 Å². The summed E-state index contributed by atoms with van der Waals surface area (Å²) in [6, 6.07) is 11.5. The molecule has 31 heavy (non-hydrogen) atoms. The highest BCUT2D eigenvalue weighted by atomic mass is 16.5. The molecule has 1 unspecified atom stereocenters. The minimum atomic E-state index is -1.03. The van der Waals surface area contributed by atoms with Gasteiger partial charge in [-0.05, 0) is 55.3 Å². The van der Waals surface area contributed by atoms with Crippen LogP contribution in [0.25, 0.3) is 0 Å². The van der Waals surface area contributed by atoms with E-state index in [-0.39, 0.29) is 23.7 Å². The standard InChI is InChI=1S/C24H23NO6/c1-30-16-10-11-21(31-2)17(12-16)18-13-22(27)25(19-4-3-5-20(26)23(18)19)15-8-6-14(7-9-15)24(28)29/h6-12,18H,3-5,13H2,1-2H3,(H,28,29). The minimum Gasteiger partial charge on any atom is -0.497 e. The number of rotatable bonds is 5. The molecule has 0 radical (unpaired) electrons. The van der Waals surface area contributed by atoms with E-state index in [1.54, 1.807) is 43.4 Å². The second-order valence-corrected chi connectivity index (χ2v) is 7.58. The van der Waals surface area contributed by atoms with Gasteiger partial charge in [-0.1, -0.05) is 0 Å². The number of carboxylic acids is 1. The molecule has 2 aliphatic rings. The number of amides is 1. The van der Waals surface area contributed by atoms with Gasteiger partial charge in [0.15, 0.2) is 5.78 Å². The number of ketones is 1. The fourth-order valence-electron chi connectivity index (χ4n) is 4.42. The molecule has 0 fully saturated rings. The molecule has 0 saturated carbocycles. The van der Waals surface area contributed by atoms with Crippen molar-refractivity contribution < 1.29 is 29.0 Å². The summed E-state index contributed by atoms with van der Waals surface area (Å²) < 4.78 is 10.9. The summed E-state index contributed by atoms with van der Waals surface area (Å²) in [5, 5.41) is 9.16. The lowest BCUT2D eigenvalue weighted by molar-refractivity contribution is -0.119. The van der Waals surface area contributed by atoms with E-state index in [4.69, 9.17) is 14.6 Å². The van der Waals surface area contributed by atoms with Gasteiger partial charge in [-0.3, -0.25) is 14.5 Å². The van der Waals surface area contributed by atoms with Crippen LogP contribution in [-0.2, 0) is 9.59 Å². The SMILES string of the molecule is COc1ccc(OC)c(C2CC(=O)N(c3ccc(C(=O)O)cc3)C3=C2C(=O)CCC3)c1. The van der Waals surface area contributed by atoms with Gasteiger partial charge in [0.2, 0.25) is 5.91 Å². The molecular weight excluding hydrogens is 398 g/mol. The zero-order chi connectivity index (χ0) is 22.1. The number of allylic oxidation sites excluding steroid dienone is 2. The smallest absolute Gasteiger partial charge is 0.335 e. The van der Waals surface area contributed by atoms with Gasteiger partial charge in [0.05, 0.1) is 19.8 Å². The molecule has 1 aliphatic carbocycles. The van der Waals surface area contributed by atoms with E-state index >= 15 is 0 Å². The zero-order valence-electron chi connectivity index (χ0n) is 17.4. The third-order valence-electron chi connectivity index (χ3n) is 5.86. The van der Waals surface area contributed by atoms with Crippen molar-refractivity contribution in [1.82, 2.24) is 0 Å². The summed E-state index contributed by atoms with van der Waals surface area (Å²) in [4.78, 5) is 39.1. The number of Topliss-reactive ketones (excluding diaryl/α,β-unsaturated/α-hetero) is 1. The third-order valence-corrected chi connectivity index (χ3v) is 5.86. The van der Waals surface area contributed by atoms with E-state index in [0.29, 0.717) is 47.7 Å². The summed E-state index contributed by atoms with van der Waals surface area (Å²) in [6.07, 6.45) is 1.79. The molecule has 0 bridgehead atoms. The first-order valence-electron chi connectivity index (χ1n) is 10.1. The summed E-state index contributed by atoms with van der Waals surface area (Å²) in [5.41, 5.74) is 2.76. The third kappa shape index (κ3) is 3.67. The molecule has 2 aromatic rings. The van der Waals surface area contributed by atoms with Crippen molar-refractivity contribution >= 4 is 23.3 Å². The quantitative estimate of drug-likeness (QED) is 0.786. The molecule has 1 aliphatic heterocycles. The van der Waals surface area contributed by atoms with Gasteiger partial charge in [-0.2, -0.15) is 0 Å². The zero-order valence-corrected chi connectivity index (χ0v) is 17.4. The number of carboxylic acid groups (broad SMARTS) is 1. The van der Waals surface area contributed by atoms with Crippen LogP contribution in [0.2, 0.25) is 0 Å². The number of methoxy groups -OCH3 is 2. The van der Waals surface area contributed by atoms with Gasteiger partial charge in [0, 0.05) is 41.3 Å². The van der Waals surface area contributed by atoms with Gasteiger partial charge in [0.1, 0.15) is 11.5 Å². The maximum atomic E-state index is 13.3. The van der Waals surface area contributed by atoms with Crippen molar-refractivity contribution in [2.24, 2.45) is 0 Å². The van der Waals surface area contributed by atoms with Crippen LogP contribution in [0, 0.1) is 0 Å². The first-order chi connectivity index (χ1) is 14.9. The molecule has 7 heteroatoms. The van der Waals surface area contributed by atoms with Crippen molar-refractivity contribution in [3.63, 3.8) is 0 Å². The Bertz CT molecular complexity index is 1090. The van der Waals surface area contributed by atoms with E-state index in [9.17, 15) is 14.4 Å². The molecule has 160 valence electrons. The fourth-order valence-corrected chi connectivity index (χ4v) is 4.42. The van der Waals surface area contributed by atoms with Crippen LogP contribution in [0.15, 0.2) is 53.7 Å². The summed E-state index contributed by atoms with van der Waals surface area (Å²) in [7, 11) is 3.13. The highest BCUT2D eigenvalue weighted by molar-refractivity contribution is 6.07. The molecule has 2 aromatic carbocycles. The normalized spacial score (nSPS) is 18.6. The largest absolute Gasteiger partial charge is 0.497 e. The van der Waals surface area contributed by atoms with E-state index in [1.807, 2.05) is 6.07 Å². The van der Waals surface area contributed by atoms with Crippen LogP contribution in [0.4, 0.5) is 5.69 Å². The molecule has 1 amide bonds. The summed E-state index contributed by atoms with van der Waals surface area (Å²) in [6.45, 7) is 0. The minimum absolute atomic E-state index is 0.0239. The number of hydrogen-bond donors (Lipinski definition) is 1. The Hall–Kier alpha value is -3.61. The molecule has 4 rings (SSSR count). The van der Waals surface area contributed by atoms with Crippen molar-refractivity contribution in [3.05, 3.63) is 64.9 Å². The van der Waals surface area contributed by atoms with E-state index in [0.717, 1.165) is 5.56 Å². The van der Waals surface area contributed by atoms with Crippen LogP contribution < -0.4 is 14.4 Å². The van der Waals surface area contributed by atoms with Crippen molar-refractivity contribution in [2.45, 2.75) is 31.6 Å². The number of hydrogen-bond acceptors (Lipinski definition) is 5. The second-order valence-electron chi connectivity index (χ2n) is 7.58. The topological polar surface area (TPSA) is 93.1 Å². The number of carbonyl (C=O) groups excluding carboxylic acids is 2. The lowest BCUT2D eigenvalue weighted by Crippen LogP contribution is -2.40. The monoisotopic (exact) mass is 421 g/mol. The van der Waals surface area contributed by atoms with Crippen LogP contribution in [0.5, 0.6) is 11.5 Å². The summed E-state index contributed by atoms with van der Waals surface area (Å²) in [5.74, 6) is -0.352. The van der Waals surface area contributed by atoms with Crippen molar-refractivity contribution in [1.29, 1.82) is 0 Å². The van der Waals surface area contributed by atoms with E-state index < -0.39 is 11.9 Å². The Labute approximate surface area is 179 Å².